The normalized spacial score (nSPS) is 13.1. The SMILES string of the molecule is COCCCC(N)c1nc2ccc(Br)cc2s1. The van der Waals surface area contributed by atoms with Crippen molar-refractivity contribution in [3.05, 3.63) is 27.7 Å². The minimum absolute atomic E-state index is 0.0151. The average molecular weight is 315 g/mol. The smallest absolute Gasteiger partial charge is 0.111 e. The number of nitrogens with zero attached hydrogens (tertiary/aromatic N) is 1. The number of fused-ring (bicyclic) bond motifs is 1. The van der Waals surface area contributed by atoms with Crippen LogP contribution in [0.5, 0.6) is 0 Å². The lowest BCUT2D eigenvalue weighted by molar-refractivity contribution is 0.190. The fourth-order valence-electron chi connectivity index (χ4n) is 1.65. The number of hydrogen-bond donors (Lipinski definition) is 1. The molecule has 17 heavy (non-hydrogen) atoms. The maximum atomic E-state index is 6.12. The fraction of sp³-hybridized carbons (Fsp3) is 0.417. The van der Waals surface area contributed by atoms with E-state index in [-0.39, 0.29) is 6.04 Å². The molecular formula is C12H15BrN2OS. The van der Waals surface area contributed by atoms with E-state index in [1.807, 2.05) is 12.1 Å². The quantitative estimate of drug-likeness (QED) is 0.859. The minimum Gasteiger partial charge on any atom is -0.385 e. The van der Waals surface area contributed by atoms with Gasteiger partial charge in [-0.15, -0.1) is 11.3 Å². The van der Waals surface area contributed by atoms with Gasteiger partial charge in [-0.1, -0.05) is 15.9 Å². The monoisotopic (exact) mass is 314 g/mol. The summed E-state index contributed by atoms with van der Waals surface area (Å²) in [5.41, 5.74) is 7.14. The molecule has 0 saturated heterocycles. The second-order valence-electron chi connectivity index (χ2n) is 3.91. The van der Waals surface area contributed by atoms with Gasteiger partial charge < -0.3 is 10.5 Å². The summed E-state index contributed by atoms with van der Waals surface area (Å²) >= 11 is 5.13. The first-order valence-electron chi connectivity index (χ1n) is 5.51. The van der Waals surface area contributed by atoms with Crippen LogP contribution in [0.1, 0.15) is 23.9 Å². The van der Waals surface area contributed by atoms with Gasteiger partial charge in [-0.3, -0.25) is 0 Å². The van der Waals surface area contributed by atoms with Crippen molar-refractivity contribution in [2.75, 3.05) is 13.7 Å². The van der Waals surface area contributed by atoms with Crippen LogP contribution in [0.3, 0.4) is 0 Å². The van der Waals surface area contributed by atoms with Crippen molar-refractivity contribution in [1.82, 2.24) is 4.98 Å². The van der Waals surface area contributed by atoms with Gasteiger partial charge in [-0.2, -0.15) is 0 Å². The molecule has 0 amide bonds. The molecule has 0 bridgehead atoms. The maximum Gasteiger partial charge on any atom is 0.111 e. The molecule has 0 aliphatic carbocycles. The van der Waals surface area contributed by atoms with Crippen molar-refractivity contribution in [3.63, 3.8) is 0 Å². The molecular weight excluding hydrogens is 300 g/mol. The molecule has 1 atom stereocenters. The molecule has 0 radical (unpaired) electrons. The highest BCUT2D eigenvalue weighted by Gasteiger charge is 2.11. The van der Waals surface area contributed by atoms with Crippen LogP contribution in [0.25, 0.3) is 10.2 Å². The lowest BCUT2D eigenvalue weighted by Crippen LogP contribution is -2.10. The van der Waals surface area contributed by atoms with Gasteiger partial charge in [0.1, 0.15) is 5.01 Å². The summed E-state index contributed by atoms with van der Waals surface area (Å²) in [6.07, 6.45) is 1.88. The van der Waals surface area contributed by atoms with Crippen molar-refractivity contribution >= 4 is 37.5 Å². The van der Waals surface area contributed by atoms with E-state index in [0.29, 0.717) is 0 Å². The Morgan fingerprint density at radius 2 is 2.35 bits per heavy atom. The van der Waals surface area contributed by atoms with Gasteiger partial charge >= 0.3 is 0 Å². The van der Waals surface area contributed by atoms with Crippen LogP contribution in [0.2, 0.25) is 0 Å². The Kier molecular flexibility index (Phi) is 4.50. The molecule has 0 fully saturated rings. The number of benzene rings is 1. The van der Waals surface area contributed by atoms with Crippen molar-refractivity contribution in [2.24, 2.45) is 5.73 Å². The predicted molar refractivity (Wildman–Crippen MR) is 75.4 cm³/mol. The summed E-state index contributed by atoms with van der Waals surface area (Å²) in [5, 5.41) is 1.01. The Morgan fingerprint density at radius 3 is 3.12 bits per heavy atom. The zero-order valence-corrected chi connectivity index (χ0v) is 12.1. The molecule has 1 unspecified atom stereocenters. The van der Waals surface area contributed by atoms with Gasteiger partial charge in [0.2, 0.25) is 0 Å². The number of hydrogen-bond acceptors (Lipinski definition) is 4. The highest BCUT2D eigenvalue weighted by Crippen LogP contribution is 2.29. The van der Waals surface area contributed by atoms with Gasteiger partial charge in [-0.05, 0) is 31.0 Å². The van der Waals surface area contributed by atoms with E-state index in [1.54, 1.807) is 18.4 Å². The Hall–Kier alpha value is -0.490. The van der Waals surface area contributed by atoms with Crippen molar-refractivity contribution in [2.45, 2.75) is 18.9 Å². The third-order valence-electron chi connectivity index (χ3n) is 2.55. The van der Waals surface area contributed by atoms with Crippen LogP contribution in [0, 0.1) is 0 Å². The number of rotatable bonds is 5. The second-order valence-corrected chi connectivity index (χ2v) is 5.88. The molecule has 1 aromatic carbocycles. The van der Waals surface area contributed by atoms with Crippen molar-refractivity contribution < 1.29 is 4.74 Å². The van der Waals surface area contributed by atoms with E-state index in [4.69, 9.17) is 10.5 Å². The standard InChI is InChI=1S/C12H15BrN2OS/c1-16-6-2-3-9(14)12-15-10-5-4-8(13)7-11(10)17-12/h4-5,7,9H,2-3,6,14H2,1H3. The molecule has 0 aliphatic rings. The van der Waals surface area contributed by atoms with E-state index in [9.17, 15) is 0 Å². The van der Waals surface area contributed by atoms with Crippen LogP contribution in [0.15, 0.2) is 22.7 Å². The first kappa shape index (κ1) is 13.0. The molecule has 1 heterocycles. The van der Waals surface area contributed by atoms with E-state index >= 15 is 0 Å². The van der Waals surface area contributed by atoms with Gasteiger partial charge in [-0.25, -0.2) is 4.98 Å². The summed E-state index contributed by atoms with van der Waals surface area (Å²) in [7, 11) is 1.71. The topological polar surface area (TPSA) is 48.1 Å². The van der Waals surface area contributed by atoms with Gasteiger partial charge in [0.25, 0.3) is 0 Å². The van der Waals surface area contributed by atoms with Gasteiger partial charge in [0.15, 0.2) is 0 Å². The average Bonchev–Trinajstić information content (AvgIpc) is 2.72. The third-order valence-corrected chi connectivity index (χ3v) is 4.19. The van der Waals surface area contributed by atoms with E-state index in [1.165, 1.54) is 4.70 Å². The van der Waals surface area contributed by atoms with Crippen LogP contribution < -0.4 is 5.73 Å². The van der Waals surface area contributed by atoms with E-state index < -0.39 is 0 Å². The second kappa shape index (κ2) is 5.91. The Labute approximate surface area is 113 Å². The molecule has 2 N–H and O–H groups in total. The minimum atomic E-state index is 0.0151. The molecule has 0 spiro atoms. The number of halogens is 1. The molecule has 5 heteroatoms. The predicted octanol–water partition coefficient (Wildman–Crippen LogP) is 3.49. The molecule has 92 valence electrons. The van der Waals surface area contributed by atoms with Crippen molar-refractivity contribution in [3.8, 4) is 0 Å². The van der Waals surface area contributed by atoms with Crippen LogP contribution in [-0.4, -0.2) is 18.7 Å². The molecule has 2 rings (SSSR count). The Balaban J connectivity index is 2.12. The first-order valence-corrected chi connectivity index (χ1v) is 7.12. The summed E-state index contributed by atoms with van der Waals surface area (Å²) in [5.74, 6) is 0. The first-order chi connectivity index (χ1) is 8.20. The molecule has 0 aliphatic heterocycles. The van der Waals surface area contributed by atoms with Crippen molar-refractivity contribution in [1.29, 1.82) is 0 Å². The summed E-state index contributed by atoms with van der Waals surface area (Å²) in [6, 6.07) is 6.11. The third kappa shape index (κ3) is 3.25. The number of methoxy groups -OCH3 is 1. The Bertz CT molecular complexity index is 500. The highest BCUT2D eigenvalue weighted by atomic mass is 79.9. The van der Waals surface area contributed by atoms with E-state index in [2.05, 4.69) is 27.0 Å². The number of thiazole rings is 1. The molecule has 0 saturated carbocycles. The largest absolute Gasteiger partial charge is 0.385 e. The van der Waals surface area contributed by atoms with Gasteiger partial charge in [0, 0.05) is 18.2 Å². The summed E-state index contributed by atoms with van der Waals surface area (Å²) < 4.78 is 7.28. The Morgan fingerprint density at radius 1 is 1.53 bits per heavy atom. The summed E-state index contributed by atoms with van der Waals surface area (Å²) in [4.78, 5) is 4.56. The zero-order valence-electron chi connectivity index (χ0n) is 9.65. The molecule has 3 nitrogen and oxygen atoms in total. The number of ether oxygens (including phenoxy) is 1. The fourth-order valence-corrected chi connectivity index (χ4v) is 3.20. The summed E-state index contributed by atoms with van der Waals surface area (Å²) in [6.45, 7) is 0.754. The van der Waals surface area contributed by atoms with Crippen LogP contribution >= 0.6 is 27.3 Å². The zero-order chi connectivity index (χ0) is 12.3. The molecule has 2 aromatic rings. The van der Waals surface area contributed by atoms with Gasteiger partial charge in [0.05, 0.1) is 16.3 Å². The van der Waals surface area contributed by atoms with E-state index in [0.717, 1.165) is 34.4 Å². The molecule has 1 aromatic heterocycles. The lowest BCUT2D eigenvalue weighted by atomic mass is 10.2. The maximum absolute atomic E-state index is 6.12. The van der Waals surface area contributed by atoms with Crippen LogP contribution in [0.4, 0.5) is 0 Å². The highest BCUT2D eigenvalue weighted by molar-refractivity contribution is 9.10. The lowest BCUT2D eigenvalue weighted by Gasteiger charge is -2.06. The van der Waals surface area contributed by atoms with Crippen LogP contribution in [-0.2, 0) is 4.74 Å². The number of nitrogens with two attached hydrogens (primary N) is 1. The number of aromatic nitrogens is 1.